The van der Waals surface area contributed by atoms with Crippen LogP contribution in [-0.2, 0) is 13.0 Å². The van der Waals surface area contributed by atoms with Gasteiger partial charge < -0.3 is 20.5 Å². The van der Waals surface area contributed by atoms with Crippen molar-refractivity contribution >= 4 is 51.6 Å². The number of hydrogen-bond acceptors (Lipinski definition) is 3. The molecular weight excluding hydrogens is 497 g/mol. The van der Waals surface area contributed by atoms with Gasteiger partial charge in [-0.2, -0.15) is 0 Å². The van der Waals surface area contributed by atoms with Gasteiger partial charge in [-0.1, -0.05) is 35.0 Å². The topological polar surface area (TPSA) is 68.9 Å². The maximum absolute atomic E-state index is 5.97. The van der Waals surface area contributed by atoms with Crippen molar-refractivity contribution in [2.45, 2.75) is 19.9 Å². The van der Waals surface area contributed by atoms with E-state index in [1.807, 2.05) is 24.3 Å². The Bertz CT molecular complexity index is 721. The molecule has 2 rings (SSSR count). The molecule has 5 nitrogen and oxygen atoms in total. The second-order valence-electron chi connectivity index (χ2n) is 5.18. The fourth-order valence-electron chi connectivity index (χ4n) is 2.20. The molecular formula is C18H23BrIN3O2. The molecule has 0 heterocycles. The molecule has 0 unspecified atom stereocenters. The van der Waals surface area contributed by atoms with Crippen LogP contribution >= 0.6 is 39.9 Å². The summed E-state index contributed by atoms with van der Waals surface area (Å²) in [5, 5.41) is 3.09. The van der Waals surface area contributed by atoms with Gasteiger partial charge >= 0.3 is 0 Å². The van der Waals surface area contributed by atoms with Gasteiger partial charge in [-0.3, -0.25) is 0 Å². The highest BCUT2D eigenvalue weighted by Gasteiger charge is 2.09. The Labute approximate surface area is 174 Å². The van der Waals surface area contributed by atoms with Gasteiger partial charge in [0.25, 0.3) is 0 Å². The summed E-state index contributed by atoms with van der Waals surface area (Å²) in [7, 11) is 3.21. The zero-order valence-electron chi connectivity index (χ0n) is 14.5. The minimum Gasteiger partial charge on any atom is -0.493 e. The van der Waals surface area contributed by atoms with Crippen LogP contribution < -0.4 is 20.5 Å². The van der Waals surface area contributed by atoms with E-state index in [1.165, 1.54) is 5.56 Å². The van der Waals surface area contributed by atoms with Crippen LogP contribution in [0.3, 0.4) is 0 Å². The van der Waals surface area contributed by atoms with Crippen molar-refractivity contribution in [2.75, 3.05) is 19.5 Å². The molecule has 2 aromatic rings. The molecule has 25 heavy (non-hydrogen) atoms. The number of methoxy groups -OCH3 is 2. The van der Waals surface area contributed by atoms with Crippen LogP contribution in [0.15, 0.2) is 45.9 Å². The molecule has 0 aromatic heterocycles. The largest absolute Gasteiger partial charge is 0.493 e. The molecule has 2 aromatic carbocycles. The molecule has 7 heteroatoms. The van der Waals surface area contributed by atoms with Crippen LogP contribution in [0.25, 0.3) is 0 Å². The van der Waals surface area contributed by atoms with E-state index >= 15 is 0 Å². The maximum atomic E-state index is 5.97. The molecule has 0 amide bonds. The predicted octanol–water partition coefficient (Wildman–Crippen LogP) is 4.57. The van der Waals surface area contributed by atoms with Gasteiger partial charge in [0, 0.05) is 10.2 Å². The van der Waals surface area contributed by atoms with E-state index < -0.39 is 0 Å². The Kier molecular flexibility index (Phi) is 9.05. The van der Waals surface area contributed by atoms with Crippen molar-refractivity contribution in [3.05, 3.63) is 52.0 Å². The quantitative estimate of drug-likeness (QED) is 0.333. The lowest BCUT2D eigenvalue weighted by atomic mass is 10.1. The number of benzene rings is 2. The first kappa shape index (κ1) is 21.6. The average molecular weight is 520 g/mol. The van der Waals surface area contributed by atoms with E-state index in [0.717, 1.165) is 22.1 Å². The van der Waals surface area contributed by atoms with Gasteiger partial charge in [-0.15, -0.1) is 24.0 Å². The molecule has 0 fully saturated rings. The van der Waals surface area contributed by atoms with Crippen molar-refractivity contribution in [2.24, 2.45) is 10.7 Å². The van der Waals surface area contributed by atoms with Crippen LogP contribution in [0.4, 0.5) is 5.69 Å². The number of rotatable bonds is 6. The highest BCUT2D eigenvalue weighted by molar-refractivity contribution is 14.0. The lowest BCUT2D eigenvalue weighted by molar-refractivity contribution is 0.354. The third-order valence-corrected chi connectivity index (χ3v) is 4.35. The summed E-state index contributed by atoms with van der Waals surface area (Å²) in [5.41, 5.74) is 9.12. The van der Waals surface area contributed by atoms with Gasteiger partial charge in [-0.05, 0) is 41.8 Å². The van der Waals surface area contributed by atoms with Gasteiger partial charge in [0.2, 0.25) is 0 Å². The van der Waals surface area contributed by atoms with Crippen LogP contribution in [-0.4, -0.2) is 20.2 Å². The van der Waals surface area contributed by atoms with Crippen LogP contribution in [0.2, 0.25) is 0 Å². The van der Waals surface area contributed by atoms with E-state index in [2.05, 4.69) is 45.3 Å². The Hall–Kier alpha value is -1.48. The summed E-state index contributed by atoms with van der Waals surface area (Å²) in [4.78, 5) is 4.38. The van der Waals surface area contributed by atoms with Crippen LogP contribution in [0.1, 0.15) is 18.1 Å². The zero-order valence-corrected chi connectivity index (χ0v) is 18.4. The van der Waals surface area contributed by atoms with Crippen LogP contribution in [0.5, 0.6) is 11.5 Å². The summed E-state index contributed by atoms with van der Waals surface area (Å²) in [5.74, 6) is 1.69. The number of anilines is 1. The summed E-state index contributed by atoms with van der Waals surface area (Å²) in [6.07, 6.45) is 1.01. The molecule has 0 aliphatic rings. The first-order valence-electron chi connectivity index (χ1n) is 7.63. The Balaban J connectivity index is 0.00000312. The van der Waals surface area contributed by atoms with Gasteiger partial charge in [0.15, 0.2) is 17.5 Å². The Morgan fingerprint density at radius 2 is 1.72 bits per heavy atom. The number of aryl methyl sites for hydroxylation is 1. The lowest BCUT2D eigenvalue weighted by Crippen LogP contribution is -2.22. The predicted molar refractivity (Wildman–Crippen MR) is 117 cm³/mol. The van der Waals surface area contributed by atoms with Crippen molar-refractivity contribution in [3.8, 4) is 11.5 Å². The zero-order chi connectivity index (χ0) is 17.5. The number of nitrogens with one attached hydrogen (secondary N) is 1. The van der Waals surface area contributed by atoms with Gasteiger partial charge in [0.1, 0.15) is 0 Å². The molecule has 0 saturated carbocycles. The van der Waals surface area contributed by atoms with Gasteiger partial charge in [-0.25, -0.2) is 4.99 Å². The highest BCUT2D eigenvalue weighted by Crippen LogP contribution is 2.33. The fourth-order valence-corrected chi connectivity index (χ4v) is 2.65. The fraction of sp³-hybridized carbons (Fsp3) is 0.278. The van der Waals surface area contributed by atoms with Crippen molar-refractivity contribution < 1.29 is 9.47 Å². The number of guanidine groups is 1. The number of halogens is 2. The third-order valence-electron chi connectivity index (χ3n) is 3.61. The first-order valence-corrected chi connectivity index (χ1v) is 8.43. The van der Waals surface area contributed by atoms with Crippen molar-refractivity contribution in [1.82, 2.24) is 0 Å². The van der Waals surface area contributed by atoms with Crippen molar-refractivity contribution in [3.63, 3.8) is 0 Å². The van der Waals surface area contributed by atoms with E-state index in [-0.39, 0.29) is 24.0 Å². The number of nitrogens with two attached hydrogens (primary N) is 1. The molecule has 0 radical (unpaired) electrons. The summed E-state index contributed by atoms with van der Waals surface area (Å²) >= 11 is 3.52. The monoisotopic (exact) mass is 519 g/mol. The molecule has 0 saturated heterocycles. The molecule has 0 aliphatic heterocycles. The molecule has 0 aliphatic carbocycles. The number of aliphatic imine (C=N–C) groups is 1. The number of nitrogens with zero attached hydrogens (tertiary/aromatic N) is 1. The molecule has 0 bridgehead atoms. The summed E-state index contributed by atoms with van der Waals surface area (Å²) < 4.78 is 11.5. The minimum absolute atomic E-state index is 0. The average Bonchev–Trinajstić information content (AvgIpc) is 2.61. The molecule has 0 spiro atoms. The van der Waals surface area contributed by atoms with Crippen molar-refractivity contribution in [1.29, 1.82) is 0 Å². The highest BCUT2D eigenvalue weighted by atomic mass is 127. The normalized spacial score (nSPS) is 10.8. The Morgan fingerprint density at radius 1 is 1.12 bits per heavy atom. The summed E-state index contributed by atoms with van der Waals surface area (Å²) in [6.45, 7) is 2.55. The lowest BCUT2D eigenvalue weighted by Gasteiger charge is -2.11. The molecule has 136 valence electrons. The second kappa shape index (κ2) is 10.5. The number of ether oxygens (including phenoxy) is 2. The standard InChI is InChI=1S/C18H22BrN3O2.HI/c1-4-12-5-7-14(8-6-12)22-18(20)21-11-13-9-16(23-2)17(24-3)10-15(13)19;/h5-10H,4,11H2,1-3H3,(H3,20,21,22);1H. The molecule has 3 N–H and O–H groups in total. The minimum atomic E-state index is 0. The van der Waals surface area contributed by atoms with E-state index in [4.69, 9.17) is 15.2 Å². The third kappa shape index (κ3) is 6.07. The van der Waals surface area contributed by atoms with E-state index in [9.17, 15) is 0 Å². The van der Waals surface area contributed by atoms with Gasteiger partial charge in [0.05, 0.1) is 20.8 Å². The number of hydrogen-bond donors (Lipinski definition) is 2. The van der Waals surface area contributed by atoms with Crippen LogP contribution in [0, 0.1) is 0 Å². The second-order valence-corrected chi connectivity index (χ2v) is 6.03. The first-order chi connectivity index (χ1) is 11.6. The SMILES string of the molecule is CCc1ccc(NC(N)=NCc2cc(OC)c(OC)cc2Br)cc1.I. The maximum Gasteiger partial charge on any atom is 0.193 e. The Morgan fingerprint density at radius 3 is 2.28 bits per heavy atom. The summed E-state index contributed by atoms with van der Waals surface area (Å²) in [6, 6.07) is 11.9. The van der Waals surface area contributed by atoms with E-state index in [1.54, 1.807) is 14.2 Å². The van der Waals surface area contributed by atoms with E-state index in [0.29, 0.717) is 24.0 Å². The smallest absolute Gasteiger partial charge is 0.193 e. The molecule has 0 atom stereocenters.